The molecule has 2 amide bonds. The van der Waals surface area contributed by atoms with Crippen LogP contribution in [0.4, 0.5) is 4.39 Å². The molecule has 0 aromatic heterocycles. The minimum Gasteiger partial charge on any atom is -0.387 e. The Morgan fingerprint density at radius 1 is 1.39 bits per heavy atom. The fourth-order valence-electron chi connectivity index (χ4n) is 3.29. The van der Waals surface area contributed by atoms with Crippen LogP contribution in [-0.2, 0) is 14.4 Å². The van der Waals surface area contributed by atoms with Gasteiger partial charge < -0.3 is 15.3 Å². The second-order valence-electron chi connectivity index (χ2n) is 6.78. The third-order valence-electron chi connectivity index (χ3n) is 4.78. The molecule has 0 spiro atoms. The highest BCUT2D eigenvalue weighted by Crippen LogP contribution is 2.28. The number of hydroxylamine groups is 1. The van der Waals surface area contributed by atoms with Crippen LogP contribution in [0.2, 0.25) is 0 Å². The molecule has 0 bridgehead atoms. The lowest BCUT2D eigenvalue weighted by Gasteiger charge is -2.19. The van der Waals surface area contributed by atoms with E-state index < -0.39 is 6.61 Å². The van der Waals surface area contributed by atoms with Gasteiger partial charge in [0.15, 0.2) is 0 Å². The fraction of sp³-hybridized carbons (Fsp3) is 0.400. The van der Waals surface area contributed by atoms with Crippen LogP contribution in [0.25, 0.3) is 11.3 Å². The highest BCUT2D eigenvalue weighted by molar-refractivity contribution is 5.78. The van der Waals surface area contributed by atoms with Crippen LogP contribution in [0.15, 0.2) is 30.4 Å². The summed E-state index contributed by atoms with van der Waals surface area (Å²) < 4.78 is 14.8. The minimum atomic E-state index is -0.508. The molecule has 1 aromatic carbocycles. The van der Waals surface area contributed by atoms with Crippen LogP contribution in [0.1, 0.15) is 30.9 Å². The first-order chi connectivity index (χ1) is 13.5. The monoisotopic (exact) mass is 389 g/mol. The van der Waals surface area contributed by atoms with Crippen molar-refractivity contribution in [1.29, 1.82) is 0 Å². The topological polar surface area (TPSA) is 90.9 Å². The van der Waals surface area contributed by atoms with Crippen LogP contribution in [0, 0.1) is 5.82 Å². The molecule has 0 fully saturated rings. The predicted octanol–water partition coefficient (Wildman–Crippen LogP) is 1.20. The third-order valence-corrected chi connectivity index (χ3v) is 4.78. The van der Waals surface area contributed by atoms with E-state index in [-0.39, 0.29) is 23.7 Å². The van der Waals surface area contributed by atoms with E-state index in [4.69, 9.17) is 9.94 Å². The van der Waals surface area contributed by atoms with Gasteiger partial charge in [0.25, 0.3) is 0 Å². The summed E-state index contributed by atoms with van der Waals surface area (Å²) in [7, 11) is 0. The molecule has 2 heterocycles. The van der Waals surface area contributed by atoms with Crippen molar-refractivity contribution in [3.05, 3.63) is 47.3 Å². The van der Waals surface area contributed by atoms with Gasteiger partial charge in [0.05, 0.1) is 12.2 Å². The number of aliphatic hydroxyl groups is 1. The Morgan fingerprint density at radius 2 is 2.21 bits per heavy atom. The van der Waals surface area contributed by atoms with Gasteiger partial charge >= 0.3 is 0 Å². The van der Waals surface area contributed by atoms with E-state index in [0.29, 0.717) is 49.3 Å². The fourth-order valence-corrected chi connectivity index (χ4v) is 3.29. The van der Waals surface area contributed by atoms with Crippen molar-refractivity contribution in [2.45, 2.75) is 25.9 Å². The van der Waals surface area contributed by atoms with Crippen molar-refractivity contribution in [2.24, 2.45) is 0 Å². The van der Waals surface area contributed by atoms with Gasteiger partial charge in [-0.2, -0.15) is 0 Å². The minimum absolute atomic E-state index is 0.142. The molecule has 1 atom stereocenters. The number of rotatable bonds is 5. The summed E-state index contributed by atoms with van der Waals surface area (Å²) >= 11 is 0. The standard InChI is InChI=1S/C20H24FN3O4/c1-13(26)22-11-16-10-19(23-28-16)15-4-5-17(18(21)9-15)14-3-2-7-24(8-6-14)20(27)12-25/h3-5,9-10,16,23,25H,2,6-8,11-12H2,1H3,(H,22,26). The maximum Gasteiger partial charge on any atom is 0.248 e. The molecule has 1 aromatic rings. The van der Waals surface area contributed by atoms with Crippen molar-refractivity contribution in [2.75, 3.05) is 26.2 Å². The van der Waals surface area contributed by atoms with Gasteiger partial charge in [0, 0.05) is 31.1 Å². The van der Waals surface area contributed by atoms with Crippen LogP contribution in [-0.4, -0.2) is 54.2 Å². The average Bonchev–Trinajstić information content (AvgIpc) is 3.03. The zero-order valence-corrected chi connectivity index (χ0v) is 15.7. The number of hydrogen-bond donors (Lipinski definition) is 3. The van der Waals surface area contributed by atoms with E-state index in [2.05, 4.69) is 10.8 Å². The van der Waals surface area contributed by atoms with Gasteiger partial charge in [-0.15, -0.1) is 0 Å². The molecular weight excluding hydrogens is 365 g/mol. The largest absolute Gasteiger partial charge is 0.387 e. The summed E-state index contributed by atoms with van der Waals surface area (Å²) in [6.45, 7) is 2.24. The zero-order valence-electron chi connectivity index (χ0n) is 15.7. The molecule has 0 saturated carbocycles. The smallest absolute Gasteiger partial charge is 0.248 e. The average molecular weight is 389 g/mol. The number of amides is 2. The Bertz CT molecular complexity index is 822. The quantitative estimate of drug-likeness (QED) is 0.704. The number of benzene rings is 1. The summed E-state index contributed by atoms with van der Waals surface area (Å²) in [5.74, 6) is -0.797. The highest BCUT2D eigenvalue weighted by Gasteiger charge is 2.20. The molecule has 1 unspecified atom stereocenters. The van der Waals surface area contributed by atoms with Crippen LogP contribution < -0.4 is 10.8 Å². The Morgan fingerprint density at radius 3 is 2.93 bits per heavy atom. The number of carbonyl (C=O) groups excluding carboxylic acids is 2. The maximum atomic E-state index is 14.8. The molecule has 8 heteroatoms. The number of nitrogens with one attached hydrogen (secondary N) is 2. The first kappa shape index (κ1) is 20.0. The van der Waals surface area contributed by atoms with E-state index >= 15 is 0 Å². The predicted molar refractivity (Wildman–Crippen MR) is 102 cm³/mol. The summed E-state index contributed by atoms with van der Waals surface area (Å²) in [5.41, 5.74) is 5.43. The highest BCUT2D eigenvalue weighted by atomic mass is 19.1. The maximum absolute atomic E-state index is 14.8. The van der Waals surface area contributed by atoms with E-state index in [1.54, 1.807) is 17.0 Å². The molecule has 7 nitrogen and oxygen atoms in total. The summed E-state index contributed by atoms with van der Waals surface area (Å²) in [6.07, 6.45) is 4.58. The second kappa shape index (κ2) is 8.99. The molecule has 3 rings (SSSR count). The van der Waals surface area contributed by atoms with Crippen molar-refractivity contribution in [1.82, 2.24) is 15.7 Å². The van der Waals surface area contributed by atoms with Gasteiger partial charge in [-0.3, -0.25) is 19.9 Å². The van der Waals surface area contributed by atoms with Gasteiger partial charge in [-0.1, -0.05) is 18.2 Å². The Labute approximate surface area is 162 Å². The third kappa shape index (κ3) is 4.76. The number of nitrogens with zero attached hydrogens (tertiary/aromatic N) is 1. The van der Waals surface area contributed by atoms with Gasteiger partial charge in [-0.05, 0) is 30.6 Å². The molecule has 3 N–H and O–H groups in total. The van der Waals surface area contributed by atoms with E-state index in [1.165, 1.54) is 13.0 Å². The van der Waals surface area contributed by atoms with Crippen molar-refractivity contribution in [3.63, 3.8) is 0 Å². The van der Waals surface area contributed by atoms with Gasteiger partial charge in [-0.25, -0.2) is 4.39 Å². The normalized spacial score (nSPS) is 19.4. The molecule has 28 heavy (non-hydrogen) atoms. The lowest BCUT2D eigenvalue weighted by atomic mass is 9.99. The van der Waals surface area contributed by atoms with Crippen molar-refractivity contribution >= 4 is 23.1 Å². The van der Waals surface area contributed by atoms with Gasteiger partial charge in [0.1, 0.15) is 18.5 Å². The lowest BCUT2D eigenvalue weighted by molar-refractivity contribution is -0.134. The van der Waals surface area contributed by atoms with Crippen LogP contribution in [0.3, 0.4) is 0 Å². The molecule has 150 valence electrons. The molecule has 0 saturated heterocycles. The summed E-state index contributed by atoms with van der Waals surface area (Å²) in [4.78, 5) is 29.6. The second-order valence-corrected chi connectivity index (χ2v) is 6.78. The van der Waals surface area contributed by atoms with Gasteiger partial charge in [0.2, 0.25) is 11.8 Å². The van der Waals surface area contributed by atoms with Crippen molar-refractivity contribution in [3.8, 4) is 0 Å². The Kier molecular flexibility index (Phi) is 6.43. The summed E-state index contributed by atoms with van der Waals surface area (Å²) in [6, 6.07) is 4.98. The van der Waals surface area contributed by atoms with E-state index in [0.717, 1.165) is 5.57 Å². The Balaban J connectivity index is 1.69. The molecule has 0 radical (unpaired) electrons. The van der Waals surface area contributed by atoms with Crippen molar-refractivity contribution < 1.29 is 23.9 Å². The molecule has 2 aliphatic heterocycles. The van der Waals surface area contributed by atoms with E-state index in [9.17, 15) is 14.0 Å². The van der Waals surface area contributed by atoms with E-state index in [1.807, 2.05) is 12.1 Å². The van der Waals surface area contributed by atoms with Crippen LogP contribution in [0.5, 0.6) is 0 Å². The lowest BCUT2D eigenvalue weighted by Crippen LogP contribution is -2.34. The number of hydrogen-bond acceptors (Lipinski definition) is 5. The number of carbonyl (C=O) groups is 2. The molecule has 0 aliphatic carbocycles. The number of aliphatic hydroxyl groups excluding tert-OH is 1. The van der Waals surface area contributed by atoms with Crippen LogP contribution >= 0.6 is 0 Å². The molecule has 2 aliphatic rings. The summed E-state index contributed by atoms with van der Waals surface area (Å²) in [5, 5.41) is 11.7. The SMILES string of the molecule is CC(=O)NCC1C=C(c2ccc(C3=CCCN(C(=O)CO)CC3)c(F)c2)NO1. The molecular formula is C20H24FN3O4. The number of halogens is 1. The first-order valence-corrected chi connectivity index (χ1v) is 9.24. The Hall–Kier alpha value is -2.71. The zero-order chi connectivity index (χ0) is 20.1. The first-order valence-electron chi connectivity index (χ1n) is 9.24.